The predicted molar refractivity (Wildman–Crippen MR) is 71.9 cm³/mol. The maximum Gasteiger partial charge on any atom is 0.149 e. The standard InChI is InChI=1S/C11H21N7/c1-3-9-10(15-12)13-8-14-11(9)16-18-6-4-17(2)5-7-18/h8H,3-7,12H2,1-2H3,(H2,13,14,15,16). The number of nitrogen functional groups attached to an aromatic ring is 1. The molecule has 1 aromatic rings. The van der Waals surface area contributed by atoms with Crippen LogP contribution in [0.4, 0.5) is 11.6 Å². The molecule has 0 spiro atoms. The minimum Gasteiger partial charge on any atom is -0.308 e. The number of anilines is 2. The number of nitrogens with one attached hydrogen (secondary N) is 2. The molecule has 0 unspecified atom stereocenters. The molecular weight excluding hydrogens is 230 g/mol. The van der Waals surface area contributed by atoms with Crippen LogP contribution in [0.5, 0.6) is 0 Å². The number of nitrogens with two attached hydrogens (primary N) is 1. The lowest BCUT2D eigenvalue weighted by Crippen LogP contribution is -2.47. The first kappa shape index (κ1) is 13.0. The molecule has 0 radical (unpaired) electrons. The van der Waals surface area contributed by atoms with Gasteiger partial charge in [-0.1, -0.05) is 6.92 Å². The molecule has 1 saturated heterocycles. The van der Waals surface area contributed by atoms with Gasteiger partial charge >= 0.3 is 0 Å². The Labute approximate surface area is 107 Å². The summed E-state index contributed by atoms with van der Waals surface area (Å²) in [5, 5.41) is 2.18. The predicted octanol–water partition coefficient (Wildman–Crippen LogP) is -0.101. The van der Waals surface area contributed by atoms with Crippen LogP contribution in [-0.4, -0.2) is 53.1 Å². The molecule has 1 aliphatic heterocycles. The molecule has 0 aliphatic carbocycles. The van der Waals surface area contributed by atoms with Crippen molar-refractivity contribution in [1.82, 2.24) is 19.9 Å². The lowest BCUT2D eigenvalue weighted by atomic mass is 10.2. The Morgan fingerprint density at radius 2 is 1.89 bits per heavy atom. The lowest BCUT2D eigenvalue weighted by Gasteiger charge is -2.33. The topological polar surface area (TPSA) is 82.3 Å². The van der Waals surface area contributed by atoms with Crippen molar-refractivity contribution < 1.29 is 0 Å². The molecule has 2 rings (SSSR count). The summed E-state index contributed by atoms with van der Waals surface area (Å²) in [4.78, 5) is 10.7. The van der Waals surface area contributed by atoms with Crippen molar-refractivity contribution in [1.29, 1.82) is 0 Å². The molecule has 1 aromatic heterocycles. The third-order valence-corrected chi connectivity index (χ3v) is 3.20. The van der Waals surface area contributed by atoms with E-state index in [4.69, 9.17) is 5.84 Å². The lowest BCUT2D eigenvalue weighted by molar-refractivity contribution is 0.178. The van der Waals surface area contributed by atoms with Gasteiger partial charge < -0.3 is 15.8 Å². The van der Waals surface area contributed by atoms with Crippen molar-refractivity contribution in [3.05, 3.63) is 11.9 Å². The summed E-state index contributed by atoms with van der Waals surface area (Å²) in [5.74, 6) is 6.98. The molecule has 4 N–H and O–H groups in total. The SMILES string of the molecule is CCc1c(NN)ncnc1NN1CCN(C)CC1. The Balaban J connectivity index is 2.09. The van der Waals surface area contributed by atoms with Crippen LogP contribution < -0.4 is 16.7 Å². The second-order valence-corrected chi connectivity index (χ2v) is 4.45. The van der Waals surface area contributed by atoms with Crippen LogP contribution >= 0.6 is 0 Å². The van der Waals surface area contributed by atoms with Gasteiger partial charge in [-0.25, -0.2) is 20.8 Å². The molecule has 7 heteroatoms. The average molecular weight is 251 g/mol. The van der Waals surface area contributed by atoms with Crippen molar-refractivity contribution >= 4 is 11.6 Å². The van der Waals surface area contributed by atoms with Gasteiger partial charge in [0.2, 0.25) is 0 Å². The molecule has 0 atom stereocenters. The highest BCUT2D eigenvalue weighted by atomic mass is 15.5. The Kier molecular flexibility index (Phi) is 4.29. The van der Waals surface area contributed by atoms with E-state index in [9.17, 15) is 0 Å². The third kappa shape index (κ3) is 2.87. The highest BCUT2D eigenvalue weighted by Crippen LogP contribution is 2.20. The van der Waals surface area contributed by atoms with E-state index in [1.807, 2.05) is 0 Å². The van der Waals surface area contributed by atoms with Crippen molar-refractivity contribution in [2.24, 2.45) is 5.84 Å². The fraction of sp³-hybridized carbons (Fsp3) is 0.636. The van der Waals surface area contributed by atoms with Crippen LogP contribution in [0, 0.1) is 0 Å². The van der Waals surface area contributed by atoms with Gasteiger partial charge in [0.25, 0.3) is 0 Å². The van der Waals surface area contributed by atoms with Crippen molar-refractivity contribution in [2.75, 3.05) is 44.1 Å². The van der Waals surface area contributed by atoms with Crippen LogP contribution in [-0.2, 0) is 6.42 Å². The highest BCUT2D eigenvalue weighted by Gasteiger charge is 2.16. The van der Waals surface area contributed by atoms with Crippen LogP contribution in [0.1, 0.15) is 12.5 Å². The van der Waals surface area contributed by atoms with Gasteiger partial charge in [-0.15, -0.1) is 0 Å². The zero-order chi connectivity index (χ0) is 13.0. The number of hydrogen-bond donors (Lipinski definition) is 3. The molecule has 18 heavy (non-hydrogen) atoms. The minimum absolute atomic E-state index is 0.684. The van der Waals surface area contributed by atoms with E-state index in [2.05, 4.69) is 44.7 Å². The number of hydrogen-bond acceptors (Lipinski definition) is 7. The van der Waals surface area contributed by atoms with Gasteiger partial charge in [-0.05, 0) is 13.5 Å². The highest BCUT2D eigenvalue weighted by molar-refractivity contribution is 5.56. The first-order chi connectivity index (χ1) is 8.74. The Morgan fingerprint density at radius 1 is 1.22 bits per heavy atom. The molecule has 1 aliphatic rings. The number of aromatic nitrogens is 2. The fourth-order valence-corrected chi connectivity index (χ4v) is 2.04. The number of likely N-dealkylation sites (N-methyl/N-ethyl adjacent to an activating group) is 1. The van der Waals surface area contributed by atoms with Crippen LogP contribution in [0.15, 0.2) is 6.33 Å². The number of hydrazine groups is 2. The Morgan fingerprint density at radius 3 is 2.50 bits per heavy atom. The number of nitrogens with zero attached hydrogens (tertiary/aromatic N) is 4. The number of piperazine rings is 1. The van der Waals surface area contributed by atoms with Gasteiger partial charge in [0.1, 0.15) is 18.0 Å². The van der Waals surface area contributed by atoms with E-state index in [-0.39, 0.29) is 0 Å². The third-order valence-electron chi connectivity index (χ3n) is 3.20. The van der Waals surface area contributed by atoms with Crippen LogP contribution in [0.3, 0.4) is 0 Å². The van der Waals surface area contributed by atoms with E-state index in [1.54, 1.807) is 0 Å². The first-order valence-corrected chi connectivity index (χ1v) is 6.25. The van der Waals surface area contributed by atoms with Gasteiger partial charge in [0.15, 0.2) is 0 Å². The molecule has 2 heterocycles. The molecule has 0 aromatic carbocycles. The van der Waals surface area contributed by atoms with E-state index in [0.29, 0.717) is 5.82 Å². The second-order valence-electron chi connectivity index (χ2n) is 4.45. The van der Waals surface area contributed by atoms with E-state index in [0.717, 1.165) is 44.0 Å². The molecule has 7 nitrogen and oxygen atoms in total. The first-order valence-electron chi connectivity index (χ1n) is 6.25. The quantitative estimate of drug-likeness (QED) is 0.509. The van der Waals surface area contributed by atoms with Crippen molar-refractivity contribution in [3.8, 4) is 0 Å². The summed E-state index contributed by atoms with van der Waals surface area (Å²) < 4.78 is 0. The van der Waals surface area contributed by atoms with Gasteiger partial charge in [0.05, 0.1) is 0 Å². The van der Waals surface area contributed by atoms with E-state index >= 15 is 0 Å². The smallest absolute Gasteiger partial charge is 0.149 e. The monoisotopic (exact) mass is 251 g/mol. The minimum atomic E-state index is 0.684. The molecule has 0 bridgehead atoms. The summed E-state index contributed by atoms with van der Waals surface area (Å²) in [6.07, 6.45) is 2.35. The normalized spacial score (nSPS) is 17.7. The summed E-state index contributed by atoms with van der Waals surface area (Å²) in [6.45, 7) is 6.14. The molecule has 1 fully saturated rings. The van der Waals surface area contributed by atoms with Gasteiger partial charge in [0, 0.05) is 31.7 Å². The Bertz CT molecular complexity index is 387. The summed E-state index contributed by atoms with van der Waals surface area (Å²) in [6, 6.07) is 0. The maximum atomic E-state index is 5.46. The zero-order valence-corrected chi connectivity index (χ0v) is 11.0. The molecule has 100 valence electrons. The summed E-state index contributed by atoms with van der Waals surface area (Å²) in [5.41, 5.74) is 6.98. The van der Waals surface area contributed by atoms with Gasteiger partial charge in [-0.2, -0.15) is 0 Å². The van der Waals surface area contributed by atoms with Gasteiger partial charge in [-0.3, -0.25) is 0 Å². The summed E-state index contributed by atoms with van der Waals surface area (Å²) >= 11 is 0. The number of rotatable bonds is 4. The van der Waals surface area contributed by atoms with Crippen LogP contribution in [0.25, 0.3) is 0 Å². The van der Waals surface area contributed by atoms with E-state index in [1.165, 1.54) is 6.33 Å². The summed E-state index contributed by atoms with van der Waals surface area (Å²) in [7, 11) is 2.13. The average Bonchev–Trinajstić information content (AvgIpc) is 2.41. The van der Waals surface area contributed by atoms with Crippen molar-refractivity contribution in [2.45, 2.75) is 13.3 Å². The molecule has 0 saturated carbocycles. The second kappa shape index (κ2) is 5.94. The maximum absolute atomic E-state index is 5.46. The fourth-order valence-electron chi connectivity index (χ4n) is 2.04. The van der Waals surface area contributed by atoms with Crippen molar-refractivity contribution in [3.63, 3.8) is 0 Å². The van der Waals surface area contributed by atoms with E-state index < -0.39 is 0 Å². The molecular formula is C11H21N7. The largest absolute Gasteiger partial charge is 0.308 e. The Hall–Kier alpha value is -1.44. The molecule has 0 amide bonds. The zero-order valence-electron chi connectivity index (χ0n) is 11.0. The van der Waals surface area contributed by atoms with Crippen LogP contribution in [0.2, 0.25) is 0 Å².